The van der Waals surface area contributed by atoms with Crippen molar-refractivity contribution < 1.29 is 18.7 Å². The lowest BCUT2D eigenvalue weighted by Crippen LogP contribution is -2.10. The smallest absolute Gasteiger partial charge is 0.210 e. The minimum atomic E-state index is -0.568. The first-order chi connectivity index (χ1) is 9.62. The number of aldehydes is 1. The molecule has 0 fully saturated rings. The molecule has 0 aliphatic heterocycles. The number of hydrogen-bond donors (Lipinski definition) is 0. The molecule has 2 aromatic rings. The number of rotatable bonds is 6. The van der Waals surface area contributed by atoms with E-state index in [2.05, 4.69) is 0 Å². The van der Waals surface area contributed by atoms with Gasteiger partial charge in [-0.1, -0.05) is 6.92 Å². The molecule has 1 heterocycles. The molecule has 0 saturated heterocycles. The standard InChI is InChI=1S/C15H13FO3S/c1-2-13-3-4-15(20-13)14(18)9-19-12-6-10(8-17)5-11(16)7-12/h3-8H,2,9H2,1H3. The largest absolute Gasteiger partial charge is 0.485 e. The first kappa shape index (κ1) is 14.4. The maximum Gasteiger partial charge on any atom is 0.210 e. The third kappa shape index (κ3) is 3.51. The highest BCUT2D eigenvalue weighted by atomic mass is 32.1. The van der Waals surface area contributed by atoms with Gasteiger partial charge in [0.25, 0.3) is 0 Å². The second-order valence-electron chi connectivity index (χ2n) is 4.17. The van der Waals surface area contributed by atoms with Gasteiger partial charge in [-0.05, 0) is 30.7 Å². The number of thiophene rings is 1. The Balaban J connectivity index is 2.02. The Morgan fingerprint density at radius 1 is 1.35 bits per heavy atom. The average molecular weight is 292 g/mol. The Hall–Kier alpha value is -2.01. The van der Waals surface area contributed by atoms with E-state index in [1.165, 1.54) is 17.4 Å². The highest BCUT2D eigenvalue weighted by Gasteiger charge is 2.10. The van der Waals surface area contributed by atoms with Crippen LogP contribution in [0.1, 0.15) is 31.8 Å². The first-order valence-electron chi connectivity index (χ1n) is 6.13. The van der Waals surface area contributed by atoms with Crippen LogP contribution in [0.4, 0.5) is 4.39 Å². The molecule has 20 heavy (non-hydrogen) atoms. The molecule has 0 aliphatic rings. The zero-order chi connectivity index (χ0) is 14.5. The van der Waals surface area contributed by atoms with Gasteiger partial charge >= 0.3 is 0 Å². The van der Waals surface area contributed by atoms with Gasteiger partial charge in [-0.2, -0.15) is 0 Å². The number of carbonyl (C=O) groups is 2. The zero-order valence-electron chi connectivity index (χ0n) is 10.9. The van der Waals surface area contributed by atoms with Gasteiger partial charge in [0.2, 0.25) is 5.78 Å². The maximum absolute atomic E-state index is 13.2. The van der Waals surface area contributed by atoms with Crippen LogP contribution < -0.4 is 4.74 Å². The third-order valence-electron chi connectivity index (χ3n) is 2.68. The van der Waals surface area contributed by atoms with Crippen LogP contribution in [0.5, 0.6) is 5.75 Å². The van der Waals surface area contributed by atoms with Crippen molar-refractivity contribution in [2.75, 3.05) is 6.61 Å². The molecular weight excluding hydrogens is 279 g/mol. The summed E-state index contributed by atoms with van der Waals surface area (Å²) in [4.78, 5) is 24.3. The minimum absolute atomic E-state index is 0.161. The molecule has 0 unspecified atom stereocenters. The van der Waals surface area contributed by atoms with Crippen LogP contribution in [0.15, 0.2) is 30.3 Å². The lowest BCUT2D eigenvalue weighted by Gasteiger charge is -2.05. The predicted octanol–water partition coefficient (Wildman–Crippen LogP) is 3.52. The summed E-state index contributed by atoms with van der Waals surface area (Å²) < 4.78 is 18.4. The summed E-state index contributed by atoms with van der Waals surface area (Å²) >= 11 is 1.43. The van der Waals surface area contributed by atoms with Crippen molar-refractivity contribution in [1.29, 1.82) is 0 Å². The number of ketones is 1. The maximum atomic E-state index is 13.2. The molecule has 104 valence electrons. The van der Waals surface area contributed by atoms with E-state index < -0.39 is 5.82 Å². The van der Waals surface area contributed by atoms with Gasteiger partial charge in [0, 0.05) is 16.5 Å². The normalized spacial score (nSPS) is 10.3. The van der Waals surface area contributed by atoms with Gasteiger partial charge in [-0.15, -0.1) is 11.3 Å². The molecule has 0 spiro atoms. The van der Waals surface area contributed by atoms with E-state index >= 15 is 0 Å². The fourth-order valence-corrected chi connectivity index (χ4v) is 2.55. The number of ether oxygens (including phenoxy) is 1. The summed E-state index contributed by atoms with van der Waals surface area (Å²) in [6.45, 7) is 1.84. The molecule has 1 aromatic carbocycles. The van der Waals surface area contributed by atoms with Crippen molar-refractivity contribution in [3.05, 3.63) is 51.5 Å². The fourth-order valence-electron chi connectivity index (χ4n) is 1.67. The SMILES string of the molecule is CCc1ccc(C(=O)COc2cc(F)cc(C=O)c2)s1. The van der Waals surface area contributed by atoms with Gasteiger partial charge in [-0.3, -0.25) is 9.59 Å². The van der Waals surface area contributed by atoms with Gasteiger partial charge in [0.05, 0.1) is 4.88 Å². The molecule has 0 amide bonds. The first-order valence-corrected chi connectivity index (χ1v) is 6.94. The highest BCUT2D eigenvalue weighted by Crippen LogP contribution is 2.19. The third-order valence-corrected chi connectivity index (χ3v) is 3.96. The minimum Gasteiger partial charge on any atom is -0.485 e. The van der Waals surface area contributed by atoms with Crippen LogP contribution >= 0.6 is 11.3 Å². The molecule has 0 bridgehead atoms. The molecule has 3 nitrogen and oxygen atoms in total. The monoisotopic (exact) mass is 292 g/mol. The van der Waals surface area contributed by atoms with Crippen LogP contribution in [0.25, 0.3) is 0 Å². The predicted molar refractivity (Wildman–Crippen MR) is 75.3 cm³/mol. The van der Waals surface area contributed by atoms with Crippen molar-refractivity contribution >= 4 is 23.4 Å². The topological polar surface area (TPSA) is 43.4 Å². The van der Waals surface area contributed by atoms with E-state index in [1.54, 1.807) is 6.07 Å². The number of aryl methyl sites for hydroxylation is 1. The Labute approximate surface area is 120 Å². The summed E-state index contributed by atoms with van der Waals surface area (Å²) in [5, 5.41) is 0. The molecule has 1 aromatic heterocycles. The van der Waals surface area contributed by atoms with Crippen LogP contribution in [0, 0.1) is 5.82 Å². The summed E-state index contributed by atoms with van der Waals surface area (Å²) in [6.07, 6.45) is 1.41. The molecule has 0 aliphatic carbocycles. The van der Waals surface area contributed by atoms with E-state index in [4.69, 9.17) is 4.74 Å². The van der Waals surface area contributed by atoms with Crippen molar-refractivity contribution in [3.8, 4) is 5.75 Å². The van der Waals surface area contributed by atoms with E-state index in [-0.39, 0.29) is 23.7 Å². The van der Waals surface area contributed by atoms with E-state index in [0.717, 1.165) is 23.4 Å². The van der Waals surface area contributed by atoms with Crippen LogP contribution in [0.2, 0.25) is 0 Å². The van der Waals surface area contributed by atoms with E-state index in [1.807, 2.05) is 13.0 Å². The fraction of sp³-hybridized carbons (Fsp3) is 0.200. The van der Waals surface area contributed by atoms with Crippen molar-refractivity contribution in [2.24, 2.45) is 0 Å². The number of hydrogen-bond acceptors (Lipinski definition) is 4. The van der Waals surface area contributed by atoms with Gasteiger partial charge < -0.3 is 4.74 Å². The molecular formula is C15H13FO3S. The van der Waals surface area contributed by atoms with Gasteiger partial charge in [0.1, 0.15) is 17.9 Å². The number of carbonyl (C=O) groups excluding carboxylic acids is 2. The number of halogens is 1. The quantitative estimate of drug-likeness (QED) is 0.604. The van der Waals surface area contributed by atoms with E-state index in [9.17, 15) is 14.0 Å². The van der Waals surface area contributed by atoms with Crippen LogP contribution in [-0.4, -0.2) is 18.7 Å². The van der Waals surface area contributed by atoms with Crippen molar-refractivity contribution in [2.45, 2.75) is 13.3 Å². The lowest BCUT2D eigenvalue weighted by atomic mass is 10.2. The van der Waals surface area contributed by atoms with Gasteiger partial charge in [0.15, 0.2) is 6.61 Å². The molecule has 0 radical (unpaired) electrons. The Kier molecular flexibility index (Phi) is 4.63. The Bertz CT molecular complexity index is 634. The second-order valence-corrected chi connectivity index (χ2v) is 5.34. The highest BCUT2D eigenvalue weighted by molar-refractivity contribution is 7.14. The second kappa shape index (κ2) is 6.43. The van der Waals surface area contributed by atoms with Crippen LogP contribution in [0.3, 0.4) is 0 Å². The molecule has 5 heteroatoms. The molecule has 0 N–H and O–H groups in total. The summed E-state index contributed by atoms with van der Waals surface area (Å²) in [6, 6.07) is 7.32. The molecule has 0 atom stereocenters. The average Bonchev–Trinajstić information content (AvgIpc) is 2.93. The van der Waals surface area contributed by atoms with Crippen LogP contribution in [-0.2, 0) is 6.42 Å². The van der Waals surface area contributed by atoms with Gasteiger partial charge in [-0.25, -0.2) is 4.39 Å². The molecule has 0 saturated carbocycles. The zero-order valence-corrected chi connectivity index (χ0v) is 11.7. The van der Waals surface area contributed by atoms with E-state index in [0.29, 0.717) is 11.2 Å². The van der Waals surface area contributed by atoms with Crippen molar-refractivity contribution in [1.82, 2.24) is 0 Å². The molecule has 2 rings (SSSR count). The lowest BCUT2D eigenvalue weighted by molar-refractivity contribution is 0.0925. The summed E-state index contributed by atoms with van der Waals surface area (Å²) in [5.41, 5.74) is 0.178. The summed E-state index contributed by atoms with van der Waals surface area (Å²) in [7, 11) is 0. The number of Topliss-reactive ketones (excluding diaryl/α,β-unsaturated/α-hetero) is 1. The van der Waals surface area contributed by atoms with Crippen molar-refractivity contribution in [3.63, 3.8) is 0 Å². The Morgan fingerprint density at radius 3 is 2.80 bits per heavy atom. The summed E-state index contributed by atoms with van der Waals surface area (Å²) in [5.74, 6) is -0.555. The number of benzene rings is 1. The Morgan fingerprint density at radius 2 is 2.15 bits per heavy atom.